The molecular formula is C25H36. The summed E-state index contributed by atoms with van der Waals surface area (Å²) in [7, 11) is 0. The molecule has 0 radical (unpaired) electrons. The minimum Gasteiger partial charge on any atom is -0.0683 e. The molecule has 0 amide bonds. The molecule has 0 spiro atoms. The molecule has 0 aromatic heterocycles. The van der Waals surface area contributed by atoms with Crippen molar-refractivity contribution in [1.29, 1.82) is 0 Å². The van der Waals surface area contributed by atoms with E-state index < -0.39 is 0 Å². The van der Waals surface area contributed by atoms with Gasteiger partial charge in [0.1, 0.15) is 0 Å². The maximum absolute atomic E-state index is 2.29. The van der Waals surface area contributed by atoms with Crippen LogP contribution in [0.1, 0.15) is 58.2 Å². The van der Waals surface area contributed by atoms with Crippen molar-refractivity contribution in [1.82, 2.24) is 0 Å². The molecule has 0 fully saturated rings. The van der Waals surface area contributed by atoms with Crippen LogP contribution in [0, 0.1) is 20.8 Å². The summed E-state index contributed by atoms with van der Waals surface area (Å²) in [5, 5.41) is 2.68. The molecule has 0 aliphatic rings. The number of hydrogen-bond donors (Lipinski definition) is 0. The second kappa shape index (κ2) is 12.3. The molecule has 0 bridgehead atoms. The Morgan fingerprint density at radius 2 is 1.16 bits per heavy atom. The van der Waals surface area contributed by atoms with Crippen molar-refractivity contribution in [2.75, 3.05) is 0 Å². The van der Waals surface area contributed by atoms with Crippen molar-refractivity contribution in [2.24, 2.45) is 0 Å². The van der Waals surface area contributed by atoms with Crippen LogP contribution in [-0.2, 0) is 0 Å². The van der Waals surface area contributed by atoms with Gasteiger partial charge in [-0.25, -0.2) is 0 Å². The third kappa shape index (κ3) is 6.05. The highest BCUT2D eigenvalue weighted by molar-refractivity contribution is 5.90. The minimum absolute atomic E-state index is 1.29. The predicted molar refractivity (Wildman–Crippen MR) is 118 cm³/mol. The summed E-state index contributed by atoms with van der Waals surface area (Å²) in [5.74, 6) is 0. The molecule has 3 aromatic rings. The fourth-order valence-corrected chi connectivity index (χ4v) is 2.60. The molecule has 0 heterocycles. The molecule has 0 unspecified atom stereocenters. The third-order valence-corrected chi connectivity index (χ3v) is 3.91. The SMILES string of the molecule is CC.CC.CC.Cc1cccc(-c2ccc3c(C)c(C)ccc3c2)c1. The molecule has 136 valence electrons. The Morgan fingerprint density at radius 1 is 0.560 bits per heavy atom. The van der Waals surface area contributed by atoms with Gasteiger partial charge in [0.05, 0.1) is 0 Å². The highest BCUT2D eigenvalue weighted by Gasteiger charge is 2.03. The quantitative estimate of drug-likeness (QED) is 0.418. The first-order valence-electron chi connectivity index (χ1n) is 9.72. The van der Waals surface area contributed by atoms with Crippen LogP contribution in [0.2, 0.25) is 0 Å². The van der Waals surface area contributed by atoms with Crippen molar-refractivity contribution in [3.05, 3.63) is 71.3 Å². The molecule has 25 heavy (non-hydrogen) atoms. The van der Waals surface area contributed by atoms with Crippen molar-refractivity contribution < 1.29 is 0 Å². The average molecular weight is 337 g/mol. The lowest BCUT2D eigenvalue weighted by molar-refractivity contribution is 1.38. The summed E-state index contributed by atoms with van der Waals surface area (Å²) in [5.41, 5.74) is 6.63. The average Bonchev–Trinajstić information content (AvgIpc) is 2.69. The lowest BCUT2D eigenvalue weighted by Gasteiger charge is -2.09. The first-order chi connectivity index (χ1) is 12.1. The van der Waals surface area contributed by atoms with E-state index in [0.29, 0.717) is 0 Å². The van der Waals surface area contributed by atoms with Gasteiger partial charge in [0.2, 0.25) is 0 Å². The molecule has 0 saturated carbocycles. The highest BCUT2D eigenvalue weighted by atomic mass is 14.1. The molecule has 3 rings (SSSR count). The van der Waals surface area contributed by atoms with E-state index in [1.165, 1.54) is 38.6 Å². The molecule has 0 nitrogen and oxygen atoms in total. The van der Waals surface area contributed by atoms with Crippen LogP contribution in [0.3, 0.4) is 0 Å². The fraction of sp³-hybridized carbons (Fsp3) is 0.360. The van der Waals surface area contributed by atoms with Crippen LogP contribution in [-0.4, -0.2) is 0 Å². The lowest BCUT2D eigenvalue weighted by Crippen LogP contribution is -1.85. The molecule has 0 heteroatoms. The second-order valence-corrected chi connectivity index (χ2v) is 5.31. The standard InChI is InChI=1S/C19H18.3C2H6/c1-13-5-4-6-16(11-13)17-9-10-19-15(3)14(2)7-8-18(19)12-17;3*1-2/h4-12H,1-3H3;3*1-2H3. The predicted octanol–water partition coefficient (Wildman–Crippen LogP) is 8.51. The summed E-state index contributed by atoms with van der Waals surface area (Å²) in [6.07, 6.45) is 0. The zero-order valence-corrected chi connectivity index (χ0v) is 17.7. The van der Waals surface area contributed by atoms with Gasteiger partial charge in [0, 0.05) is 0 Å². The second-order valence-electron chi connectivity index (χ2n) is 5.31. The van der Waals surface area contributed by atoms with E-state index in [-0.39, 0.29) is 0 Å². The monoisotopic (exact) mass is 336 g/mol. The van der Waals surface area contributed by atoms with E-state index in [9.17, 15) is 0 Å². The fourth-order valence-electron chi connectivity index (χ4n) is 2.60. The first kappa shape index (κ1) is 22.9. The van der Waals surface area contributed by atoms with Gasteiger partial charge >= 0.3 is 0 Å². The molecule has 0 N–H and O–H groups in total. The summed E-state index contributed by atoms with van der Waals surface area (Å²) in [6, 6.07) is 19.9. The van der Waals surface area contributed by atoms with Crippen LogP contribution < -0.4 is 0 Å². The first-order valence-corrected chi connectivity index (χ1v) is 9.72. The van der Waals surface area contributed by atoms with Crippen molar-refractivity contribution in [2.45, 2.75) is 62.3 Å². The molecule has 0 atom stereocenters. The third-order valence-electron chi connectivity index (χ3n) is 3.91. The Morgan fingerprint density at radius 3 is 1.76 bits per heavy atom. The number of aryl methyl sites for hydroxylation is 3. The topological polar surface area (TPSA) is 0 Å². The Hall–Kier alpha value is -2.08. The lowest BCUT2D eigenvalue weighted by atomic mass is 9.96. The van der Waals surface area contributed by atoms with Gasteiger partial charge in [0.15, 0.2) is 0 Å². The van der Waals surface area contributed by atoms with E-state index in [2.05, 4.69) is 75.4 Å². The van der Waals surface area contributed by atoms with E-state index in [1.54, 1.807) is 0 Å². The van der Waals surface area contributed by atoms with Gasteiger partial charge in [-0.1, -0.05) is 95.6 Å². The van der Waals surface area contributed by atoms with Gasteiger partial charge in [0.25, 0.3) is 0 Å². The zero-order valence-electron chi connectivity index (χ0n) is 17.7. The maximum atomic E-state index is 2.29. The summed E-state index contributed by atoms with van der Waals surface area (Å²) in [6.45, 7) is 18.5. The van der Waals surface area contributed by atoms with Crippen LogP contribution in [0.4, 0.5) is 0 Å². The van der Waals surface area contributed by atoms with E-state index in [4.69, 9.17) is 0 Å². The molecule has 0 aliphatic heterocycles. The number of hydrogen-bond acceptors (Lipinski definition) is 0. The largest absolute Gasteiger partial charge is 0.0683 e. The van der Waals surface area contributed by atoms with Crippen LogP contribution in [0.5, 0.6) is 0 Å². The van der Waals surface area contributed by atoms with Crippen molar-refractivity contribution in [3.8, 4) is 11.1 Å². The Bertz CT molecular complexity index is 751. The van der Waals surface area contributed by atoms with Gasteiger partial charge in [-0.3, -0.25) is 0 Å². The summed E-state index contributed by atoms with van der Waals surface area (Å²) < 4.78 is 0. The van der Waals surface area contributed by atoms with Crippen LogP contribution in [0.15, 0.2) is 54.6 Å². The Balaban J connectivity index is 0.000000871. The van der Waals surface area contributed by atoms with Gasteiger partial charge in [-0.2, -0.15) is 0 Å². The highest BCUT2D eigenvalue weighted by Crippen LogP contribution is 2.27. The number of rotatable bonds is 1. The molecule has 0 aliphatic carbocycles. The maximum Gasteiger partial charge on any atom is -0.0152 e. The Labute approximate surface area is 155 Å². The Kier molecular flexibility index (Phi) is 11.3. The molecular weight excluding hydrogens is 300 g/mol. The van der Waals surface area contributed by atoms with Gasteiger partial charge in [-0.05, 0) is 59.9 Å². The van der Waals surface area contributed by atoms with Crippen LogP contribution >= 0.6 is 0 Å². The normalized spacial score (nSPS) is 9.00. The van der Waals surface area contributed by atoms with Gasteiger partial charge in [-0.15, -0.1) is 0 Å². The molecule has 0 saturated heterocycles. The number of fused-ring (bicyclic) bond motifs is 1. The number of benzene rings is 3. The summed E-state index contributed by atoms with van der Waals surface area (Å²) >= 11 is 0. The van der Waals surface area contributed by atoms with Gasteiger partial charge < -0.3 is 0 Å². The smallest absolute Gasteiger partial charge is 0.0152 e. The van der Waals surface area contributed by atoms with E-state index in [1.807, 2.05) is 41.5 Å². The minimum atomic E-state index is 1.29. The van der Waals surface area contributed by atoms with Crippen molar-refractivity contribution in [3.63, 3.8) is 0 Å². The zero-order chi connectivity index (χ0) is 19.4. The van der Waals surface area contributed by atoms with E-state index in [0.717, 1.165) is 0 Å². The van der Waals surface area contributed by atoms with E-state index >= 15 is 0 Å². The van der Waals surface area contributed by atoms with Crippen LogP contribution in [0.25, 0.3) is 21.9 Å². The summed E-state index contributed by atoms with van der Waals surface area (Å²) in [4.78, 5) is 0. The molecule has 3 aromatic carbocycles. The van der Waals surface area contributed by atoms with Crippen molar-refractivity contribution >= 4 is 10.8 Å².